The van der Waals surface area contributed by atoms with Crippen molar-refractivity contribution in [3.8, 4) is 0 Å². The fourth-order valence-electron chi connectivity index (χ4n) is 2.08. The van der Waals surface area contributed by atoms with Crippen molar-refractivity contribution in [3.63, 3.8) is 0 Å². The number of anilines is 1. The van der Waals surface area contributed by atoms with Gasteiger partial charge in [-0.15, -0.1) is 0 Å². The van der Waals surface area contributed by atoms with Gasteiger partial charge in [-0.05, 0) is 31.3 Å². The summed E-state index contributed by atoms with van der Waals surface area (Å²) in [4.78, 5) is 0. The molecule has 1 aromatic rings. The minimum absolute atomic E-state index is 0.247. The Bertz CT molecular complexity index is 492. The molecular weight excluding hydrogens is 268 g/mol. The maximum absolute atomic E-state index is 11.6. The van der Waals surface area contributed by atoms with E-state index in [0.717, 1.165) is 5.69 Å². The molecule has 1 aliphatic heterocycles. The van der Waals surface area contributed by atoms with E-state index in [1.807, 2.05) is 37.3 Å². The molecule has 3 N–H and O–H groups in total. The Morgan fingerprint density at radius 2 is 2.11 bits per heavy atom. The summed E-state index contributed by atoms with van der Waals surface area (Å²) in [6, 6.07) is 9.60. The summed E-state index contributed by atoms with van der Waals surface area (Å²) in [5.41, 5.74) is 0.506. The van der Waals surface area contributed by atoms with Gasteiger partial charge in [0.1, 0.15) is 5.75 Å². The van der Waals surface area contributed by atoms with Gasteiger partial charge in [0.15, 0.2) is 10.9 Å². The number of para-hydroxylation sites is 1. The average molecular weight is 285 g/mol. The first-order valence-electron chi connectivity index (χ1n) is 5.75. The lowest BCUT2D eigenvalue weighted by Crippen LogP contribution is -2.48. The van der Waals surface area contributed by atoms with Crippen LogP contribution >= 0.6 is 12.2 Å². The lowest BCUT2D eigenvalue weighted by Gasteiger charge is -2.23. The Hall–Kier alpha value is -0.980. The number of thiocarbonyl (C=S) groups is 1. The van der Waals surface area contributed by atoms with Crippen molar-refractivity contribution < 1.29 is 8.76 Å². The van der Waals surface area contributed by atoms with Gasteiger partial charge in [0.2, 0.25) is 10.2 Å². The molecule has 4 nitrogen and oxygen atoms in total. The van der Waals surface area contributed by atoms with E-state index in [1.165, 1.54) is 0 Å². The van der Waals surface area contributed by atoms with Crippen LogP contribution in [0.1, 0.15) is 13.3 Å². The Morgan fingerprint density at radius 3 is 2.67 bits per heavy atom. The molecule has 1 saturated heterocycles. The predicted molar refractivity (Wildman–Crippen MR) is 79.2 cm³/mol. The standard InChI is InChI=1S/C12H16N2O2S2/c1-12(7-8-18(15,16)9-12)14-11(17)13-10-5-3-2-4-6-10/h2-6H,7-9H2,1H3,(H2-,13,14,15,16,17)/p+1/t12-/m1/s1. The number of benzene rings is 1. The Morgan fingerprint density at radius 1 is 1.44 bits per heavy atom. The number of hydrogen-bond acceptors (Lipinski definition) is 2. The molecule has 0 bridgehead atoms. The number of hydrogen-bond donors (Lipinski definition) is 3. The molecule has 0 amide bonds. The third kappa shape index (κ3) is 3.51. The van der Waals surface area contributed by atoms with Gasteiger partial charge in [0.05, 0.1) is 5.54 Å². The predicted octanol–water partition coefficient (Wildman–Crippen LogP) is 2.11. The van der Waals surface area contributed by atoms with Gasteiger partial charge >= 0.3 is 0 Å². The molecular formula is C12H17N2O2S2+. The van der Waals surface area contributed by atoms with Crippen molar-refractivity contribution >= 4 is 33.2 Å². The molecule has 0 saturated carbocycles. The molecule has 0 aliphatic carbocycles. The second-order valence-corrected chi connectivity index (χ2v) is 7.53. The van der Waals surface area contributed by atoms with E-state index < -0.39 is 15.8 Å². The highest BCUT2D eigenvalue weighted by Gasteiger charge is 2.47. The van der Waals surface area contributed by atoms with E-state index in [1.54, 1.807) is 0 Å². The largest absolute Gasteiger partial charge is 0.352 e. The number of rotatable bonds is 2. The third-order valence-electron chi connectivity index (χ3n) is 2.96. The molecule has 1 aromatic carbocycles. The van der Waals surface area contributed by atoms with Gasteiger partial charge in [-0.1, -0.05) is 22.4 Å². The molecule has 98 valence electrons. The van der Waals surface area contributed by atoms with E-state index in [-0.39, 0.29) is 5.75 Å². The zero-order valence-corrected chi connectivity index (χ0v) is 11.8. The Labute approximate surface area is 113 Å². The molecule has 1 fully saturated rings. The van der Waals surface area contributed by atoms with Gasteiger partial charge in [0.25, 0.3) is 0 Å². The van der Waals surface area contributed by atoms with Crippen molar-refractivity contribution in [3.05, 3.63) is 30.3 Å². The van der Waals surface area contributed by atoms with Gasteiger partial charge in [-0.2, -0.15) is 4.55 Å². The molecule has 0 aromatic heterocycles. The second kappa shape index (κ2) is 4.95. The molecule has 0 spiro atoms. The van der Waals surface area contributed by atoms with Crippen LogP contribution in [0, 0.1) is 0 Å². The fraction of sp³-hybridized carbons (Fsp3) is 0.417. The van der Waals surface area contributed by atoms with E-state index in [0.29, 0.717) is 17.3 Å². The summed E-state index contributed by atoms with van der Waals surface area (Å²) in [5.74, 6) is 0.584. The summed E-state index contributed by atoms with van der Waals surface area (Å²) in [6.07, 6.45) is 0.652. The first kappa shape index (κ1) is 13.5. The molecule has 6 heteroatoms. The van der Waals surface area contributed by atoms with Gasteiger partial charge in [0, 0.05) is 12.1 Å². The highest BCUT2D eigenvalue weighted by Crippen LogP contribution is 2.26. The molecule has 0 radical (unpaired) electrons. The van der Waals surface area contributed by atoms with Crippen molar-refractivity contribution in [2.75, 3.05) is 16.8 Å². The van der Waals surface area contributed by atoms with Crippen molar-refractivity contribution in [2.24, 2.45) is 0 Å². The molecule has 2 rings (SSSR count). The maximum atomic E-state index is 11.6. The molecule has 1 aliphatic rings. The SMILES string of the molecule is C[C@@]1(NC(=S)Nc2ccccc2)CC[S+](=O)(O)C1. The summed E-state index contributed by atoms with van der Waals surface area (Å²) < 4.78 is 21.2. The van der Waals surface area contributed by atoms with Gasteiger partial charge in [-0.3, -0.25) is 0 Å². The maximum Gasteiger partial charge on any atom is 0.216 e. The van der Waals surface area contributed by atoms with Crippen LogP contribution in [0.25, 0.3) is 0 Å². The fourth-order valence-corrected chi connectivity index (χ4v) is 4.57. The van der Waals surface area contributed by atoms with Crippen molar-refractivity contribution in [1.82, 2.24) is 5.32 Å². The van der Waals surface area contributed by atoms with Crippen LogP contribution in [0.4, 0.5) is 5.69 Å². The topological polar surface area (TPSA) is 61.4 Å². The van der Waals surface area contributed by atoms with Crippen molar-refractivity contribution in [1.29, 1.82) is 0 Å². The first-order valence-corrected chi connectivity index (χ1v) is 8.01. The van der Waals surface area contributed by atoms with Crippen LogP contribution in [-0.2, 0) is 14.4 Å². The lowest BCUT2D eigenvalue weighted by atomic mass is 10.0. The van der Waals surface area contributed by atoms with Crippen molar-refractivity contribution in [2.45, 2.75) is 18.9 Å². The minimum atomic E-state index is -2.67. The average Bonchev–Trinajstić information content (AvgIpc) is 2.53. The summed E-state index contributed by atoms with van der Waals surface area (Å²) in [5, 5.41) is 6.69. The van der Waals surface area contributed by atoms with E-state index in [4.69, 9.17) is 12.2 Å². The molecule has 1 unspecified atom stereocenters. The van der Waals surface area contributed by atoms with Crippen LogP contribution < -0.4 is 10.6 Å². The molecule has 1 heterocycles. The first-order chi connectivity index (χ1) is 8.39. The zero-order chi connectivity index (χ0) is 13.2. The van der Waals surface area contributed by atoms with E-state index in [2.05, 4.69) is 10.6 Å². The van der Waals surface area contributed by atoms with E-state index in [9.17, 15) is 8.76 Å². The summed E-state index contributed by atoms with van der Waals surface area (Å²) in [6.45, 7) is 1.93. The smallest absolute Gasteiger partial charge is 0.216 e. The second-order valence-electron chi connectivity index (χ2n) is 4.88. The van der Waals surface area contributed by atoms with Gasteiger partial charge < -0.3 is 10.6 Å². The van der Waals surface area contributed by atoms with Crippen LogP contribution in [0.2, 0.25) is 0 Å². The minimum Gasteiger partial charge on any atom is -0.352 e. The lowest BCUT2D eigenvalue weighted by molar-refractivity contribution is 0.466. The third-order valence-corrected chi connectivity index (χ3v) is 5.10. The quantitative estimate of drug-likeness (QED) is 0.574. The Balaban J connectivity index is 1.94. The van der Waals surface area contributed by atoms with Crippen LogP contribution in [0.5, 0.6) is 0 Å². The normalized spacial score (nSPS) is 31.0. The molecule has 2 atom stereocenters. The highest BCUT2D eigenvalue weighted by atomic mass is 32.3. The van der Waals surface area contributed by atoms with Gasteiger partial charge in [-0.25, -0.2) is 0 Å². The summed E-state index contributed by atoms with van der Waals surface area (Å²) >= 11 is 5.22. The zero-order valence-electron chi connectivity index (χ0n) is 10.2. The number of nitrogens with one attached hydrogen (secondary N) is 2. The molecule has 18 heavy (non-hydrogen) atoms. The van der Waals surface area contributed by atoms with E-state index >= 15 is 0 Å². The van der Waals surface area contributed by atoms with Crippen LogP contribution in [0.3, 0.4) is 0 Å². The monoisotopic (exact) mass is 285 g/mol. The highest BCUT2D eigenvalue weighted by molar-refractivity contribution is 7.98. The summed E-state index contributed by atoms with van der Waals surface area (Å²) in [7, 11) is -2.67. The Kier molecular flexibility index (Phi) is 3.70. The van der Waals surface area contributed by atoms with Crippen LogP contribution in [0.15, 0.2) is 30.3 Å². The van der Waals surface area contributed by atoms with Crippen LogP contribution in [-0.4, -0.2) is 26.7 Å².